The van der Waals surface area contributed by atoms with Gasteiger partial charge < -0.3 is 4.12 Å². The molecule has 0 N–H and O–H groups in total. The highest BCUT2D eigenvalue weighted by atomic mass is 32.6. The molecule has 0 fully saturated rings. The van der Waals surface area contributed by atoms with Gasteiger partial charge in [0.15, 0.2) is 37.1 Å². The van der Waals surface area contributed by atoms with Crippen molar-refractivity contribution >= 4 is 50.4 Å². The first-order valence-corrected chi connectivity index (χ1v) is 21.5. The zero-order chi connectivity index (χ0) is 20.9. The van der Waals surface area contributed by atoms with Gasteiger partial charge in [0, 0.05) is 25.0 Å². The van der Waals surface area contributed by atoms with Crippen molar-refractivity contribution in [1.29, 1.82) is 0 Å². The minimum atomic E-state index is -4.95. The summed E-state index contributed by atoms with van der Waals surface area (Å²) in [6.45, 7) is -4.79. The van der Waals surface area contributed by atoms with Crippen LogP contribution in [0.3, 0.4) is 0 Å². The maximum atomic E-state index is 12.5. The highest BCUT2D eigenvalue weighted by molar-refractivity contribution is 8.54. The van der Waals surface area contributed by atoms with Crippen molar-refractivity contribution in [2.24, 2.45) is 0 Å². The summed E-state index contributed by atoms with van der Waals surface area (Å²) in [4.78, 5) is 0. The van der Waals surface area contributed by atoms with Crippen molar-refractivity contribution in [3.8, 4) is 0 Å². The molecule has 25 heavy (non-hydrogen) atoms. The highest BCUT2D eigenvalue weighted by Crippen LogP contribution is 2.42. The Morgan fingerprint density at radius 2 is 0.680 bits per heavy atom. The molecule has 0 aliphatic heterocycles. The van der Waals surface area contributed by atoms with Gasteiger partial charge in [-0.1, -0.05) is 27.7 Å². The van der Waals surface area contributed by atoms with Crippen molar-refractivity contribution in [2.75, 3.05) is 25.0 Å². The molecule has 0 heterocycles. The summed E-state index contributed by atoms with van der Waals surface area (Å²) >= 11 is 0. The van der Waals surface area contributed by atoms with Crippen LogP contribution in [0, 0.1) is 0 Å². The van der Waals surface area contributed by atoms with Crippen LogP contribution < -0.4 is 0 Å². The summed E-state index contributed by atoms with van der Waals surface area (Å²) in [6, 6.07) is 0. The van der Waals surface area contributed by atoms with Crippen LogP contribution in [0.5, 0.6) is 0 Å². The summed E-state index contributed by atoms with van der Waals surface area (Å²) in [6.07, 6.45) is 2.57. The second kappa shape index (κ2) is 6.98. The van der Waals surface area contributed by atoms with Gasteiger partial charge in [0.25, 0.3) is 0 Å². The van der Waals surface area contributed by atoms with Crippen LogP contribution in [0.1, 0.15) is 27.7 Å². The molecule has 0 atom stereocenters. The van der Waals surface area contributed by atoms with E-state index in [9.17, 15) is 33.7 Å². The van der Waals surface area contributed by atoms with Crippen LogP contribution >= 0.6 is 0 Å². The second-order valence-electron chi connectivity index (χ2n) is 6.71. The third kappa shape index (κ3) is 4.06. The molecule has 0 bridgehead atoms. The SMILES string of the molecule is CC(C)[Si](O[Si](C(C)C)(S(C)(=O)=O)S(C)(=O)=O)(S(C)(=O)=O)S(C)(=O)=O. The van der Waals surface area contributed by atoms with Gasteiger partial charge in [0.1, 0.15) is 0 Å². The maximum absolute atomic E-state index is 12.5. The van der Waals surface area contributed by atoms with Gasteiger partial charge in [-0.25, -0.2) is 33.7 Å². The Bertz CT molecular complexity index is 786. The largest absolute Gasteiger partial charge is 0.450 e. The molecule has 0 radical (unpaired) electrons. The lowest BCUT2D eigenvalue weighted by molar-refractivity contribution is 0.524. The van der Waals surface area contributed by atoms with Crippen LogP contribution in [-0.2, 0) is 41.3 Å². The molecule has 0 spiro atoms. The fourth-order valence-electron chi connectivity index (χ4n) is 3.00. The molecule has 0 aromatic heterocycles. The lowest BCUT2D eigenvalue weighted by Crippen LogP contribution is -2.68. The van der Waals surface area contributed by atoms with E-state index in [1.165, 1.54) is 27.7 Å². The van der Waals surface area contributed by atoms with E-state index in [0.717, 1.165) is 0 Å². The molecule has 0 aliphatic rings. The van der Waals surface area contributed by atoms with Crippen molar-refractivity contribution in [3.05, 3.63) is 0 Å². The zero-order valence-electron chi connectivity index (χ0n) is 15.5. The van der Waals surface area contributed by atoms with E-state index >= 15 is 0 Å². The minimum Gasteiger partial charge on any atom is -0.412 e. The van der Waals surface area contributed by atoms with E-state index in [1.54, 1.807) is 0 Å². The quantitative estimate of drug-likeness (QED) is 0.439. The van der Waals surface area contributed by atoms with Crippen molar-refractivity contribution in [2.45, 2.75) is 38.8 Å². The number of hydrogen-bond acceptors (Lipinski definition) is 9. The van der Waals surface area contributed by atoms with Gasteiger partial charge in [0.2, 0.25) is 0 Å². The third-order valence-electron chi connectivity index (χ3n) is 3.77. The Morgan fingerprint density at radius 1 is 0.520 bits per heavy atom. The average molecular weight is 475 g/mol. The molecular formula is C10H26O9S4Si2. The van der Waals surface area contributed by atoms with Crippen molar-refractivity contribution in [3.63, 3.8) is 0 Å². The smallest absolute Gasteiger partial charge is 0.412 e. The summed E-state index contributed by atoms with van der Waals surface area (Å²) < 4.78 is 105. The van der Waals surface area contributed by atoms with Crippen LogP contribution in [0.2, 0.25) is 11.1 Å². The molecule has 0 saturated heterocycles. The van der Waals surface area contributed by atoms with E-state index < -0.39 is 61.5 Å². The summed E-state index contributed by atoms with van der Waals surface area (Å²) in [7, 11) is -17.7. The topological polar surface area (TPSA) is 146 Å². The molecule has 0 aromatic rings. The van der Waals surface area contributed by atoms with E-state index in [4.69, 9.17) is 4.12 Å². The molecular weight excluding hydrogens is 449 g/mol. The molecule has 0 rings (SSSR count). The molecule has 0 aliphatic carbocycles. The first-order chi connectivity index (χ1) is 10.6. The lowest BCUT2D eigenvalue weighted by Gasteiger charge is -2.39. The van der Waals surface area contributed by atoms with Gasteiger partial charge >= 0.3 is 13.2 Å². The Balaban J connectivity index is 7.50. The molecule has 152 valence electrons. The first-order valence-electron chi connectivity index (χ1n) is 7.08. The van der Waals surface area contributed by atoms with E-state index in [1.807, 2.05) is 0 Å². The summed E-state index contributed by atoms with van der Waals surface area (Å²) in [5.41, 5.74) is -2.24. The molecule has 15 heteroatoms. The summed E-state index contributed by atoms with van der Waals surface area (Å²) in [5, 5.41) is 0. The summed E-state index contributed by atoms with van der Waals surface area (Å²) in [5.74, 6) is 0. The third-order valence-corrected chi connectivity index (χ3v) is 45.0. The average Bonchev–Trinajstić information content (AvgIpc) is 2.20. The highest BCUT2D eigenvalue weighted by Gasteiger charge is 2.71. The van der Waals surface area contributed by atoms with Crippen LogP contribution in [0.25, 0.3) is 0 Å². The standard InChI is InChI=1S/C10H26O9S4Si2/c1-9(2)24(20(5,11)12,21(6,13)14)19-25(10(3)4,22(7,15)16)23(8,17)18/h9-10H,1-8H3. The molecule has 0 aromatic carbocycles. The number of hydrogen-bond donors (Lipinski definition) is 0. The van der Waals surface area contributed by atoms with Gasteiger partial charge in [-0.05, 0) is 11.1 Å². The monoisotopic (exact) mass is 474 g/mol. The van der Waals surface area contributed by atoms with Gasteiger partial charge in [0.05, 0.1) is 0 Å². The normalized spacial score (nSPS) is 15.8. The van der Waals surface area contributed by atoms with Crippen molar-refractivity contribution in [1.82, 2.24) is 0 Å². The molecule has 9 nitrogen and oxygen atoms in total. The Hall–Kier alpha value is 0.194. The molecule has 0 unspecified atom stereocenters. The fraction of sp³-hybridized carbons (Fsp3) is 1.00. The lowest BCUT2D eigenvalue weighted by atomic mass is 10.6. The van der Waals surface area contributed by atoms with E-state index in [0.29, 0.717) is 25.0 Å². The van der Waals surface area contributed by atoms with E-state index in [-0.39, 0.29) is 0 Å². The van der Waals surface area contributed by atoms with Crippen molar-refractivity contribution < 1.29 is 37.8 Å². The van der Waals surface area contributed by atoms with Crippen LogP contribution in [-0.4, -0.2) is 71.9 Å². The van der Waals surface area contributed by atoms with Gasteiger partial charge in [-0.3, -0.25) is 0 Å². The Labute approximate surface area is 151 Å². The zero-order valence-corrected chi connectivity index (χ0v) is 20.7. The van der Waals surface area contributed by atoms with E-state index in [2.05, 4.69) is 0 Å². The minimum absolute atomic E-state index is 0.643. The van der Waals surface area contributed by atoms with Gasteiger partial charge in [-0.2, -0.15) is 0 Å². The molecule has 0 amide bonds. The predicted molar refractivity (Wildman–Crippen MR) is 102 cm³/mol. The second-order valence-corrected chi connectivity index (χ2v) is 36.2. The maximum Gasteiger partial charge on any atom is 0.450 e. The molecule has 0 saturated carbocycles. The Kier molecular flexibility index (Phi) is 7.03. The first kappa shape index (κ1) is 25.2. The fourth-order valence-corrected chi connectivity index (χ4v) is 49.0. The van der Waals surface area contributed by atoms with Crippen LogP contribution in [0.4, 0.5) is 0 Å². The van der Waals surface area contributed by atoms with Crippen LogP contribution in [0.15, 0.2) is 0 Å². The Morgan fingerprint density at radius 3 is 0.760 bits per heavy atom. The predicted octanol–water partition coefficient (Wildman–Crippen LogP) is -0.121. The van der Waals surface area contributed by atoms with Gasteiger partial charge in [-0.15, -0.1) is 0 Å². The number of rotatable bonds is 8.